The third kappa shape index (κ3) is 3.17. The quantitative estimate of drug-likeness (QED) is 0.838. The zero-order valence-electron chi connectivity index (χ0n) is 9.06. The summed E-state index contributed by atoms with van der Waals surface area (Å²) >= 11 is 0. The lowest BCUT2D eigenvalue weighted by atomic mass is 10.2. The summed E-state index contributed by atoms with van der Waals surface area (Å²) in [6, 6.07) is 14.2. The Morgan fingerprint density at radius 2 is 1.75 bits per heavy atom. The summed E-state index contributed by atoms with van der Waals surface area (Å²) in [6.07, 6.45) is 1.73. The first-order valence-electron chi connectivity index (χ1n) is 5.29. The predicted octanol–water partition coefficient (Wildman–Crippen LogP) is 2.43. The van der Waals surface area contributed by atoms with Gasteiger partial charge < -0.3 is 5.32 Å². The Kier molecular flexibility index (Phi) is 3.67. The van der Waals surface area contributed by atoms with Gasteiger partial charge in [0.05, 0.1) is 0 Å². The summed E-state index contributed by atoms with van der Waals surface area (Å²) < 4.78 is 0. The van der Waals surface area contributed by atoms with E-state index in [-0.39, 0.29) is 0 Å². The van der Waals surface area contributed by atoms with Crippen LogP contribution in [0.3, 0.4) is 0 Å². The first kappa shape index (κ1) is 10.8. The number of pyridine rings is 1. The van der Waals surface area contributed by atoms with Crippen LogP contribution in [-0.2, 0) is 13.1 Å². The van der Waals surface area contributed by atoms with Crippen molar-refractivity contribution in [2.75, 3.05) is 0 Å². The van der Waals surface area contributed by atoms with Gasteiger partial charge in [-0.1, -0.05) is 30.3 Å². The highest BCUT2D eigenvalue weighted by atomic mass is 14.8. The second-order valence-corrected chi connectivity index (χ2v) is 3.68. The molecule has 0 atom stereocenters. The predicted molar refractivity (Wildman–Crippen MR) is 64.6 cm³/mol. The van der Waals surface area contributed by atoms with Crippen molar-refractivity contribution in [2.45, 2.75) is 13.1 Å². The van der Waals surface area contributed by atoms with E-state index in [1.165, 1.54) is 5.56 Å². The summed E-state index contributed by atoms with van der Waals surface area (Å²) in [5, 5.41) is 3.36. The minimum atomic E-state index is 0.569. The molecule has 0 unspecified atom stereocenters. The van der Waals surface area contributed by atoms with E-state index in [0.717, 1.165) is 18.7 Å². The number of rotatable bonds is 4. The van der Waals surface area contributed by atoms with E-state index in [4.69, 9.17) is 6.92 Å². The molecule has 0 aliphatic carbocycles. The summed E-state index contributed by atoms with van der Waals surface area (Å²) in [4.78, 5) is 3.96. The third-order valence-electron chi connectivity index (χ3n) is 2.35. The first-order chi connectivity index (χ1) is 7.84. The van der Waals surface area contributed by atoms with Gasteiger partial charge in [0.15, 0.2) is 0 Å². The Labute approximate surface area is 96.4 Å². The van der Waals surface area contributed by atoms with Gasteiger partial charge in [-0.25, -0.2) is 0 Å². The highest BCUT2D eigenvalue weighted by molar-refractivity contribution is 5.18. The molecule has 1 aromatic heterocycles. The minimum absolute atomic E-state index is 0.569. The number of hydrogen-bond donors (Lipinski definition) is 1. The Morgan fingerprint density at radius 1 is 1.00 bits per heavy atom. The Balaban J connectivity index is 1.85. The maximum absolute atomic E-state index is 5.60. The van der Waals surface area contributed by atoms with Crippen LogP contribution < -0.4 is 5.32 Å². The standard InChI is InChI=1S/C14H14N2/c1-12-9-14(7-8-16-12)11-15-10-13-5-3-2-4-6-13/h1-9,15H,10-11H2. The van der Waals surface area contributed by atoms with E-state index in [9.17, 15) is 0 Å². The Hall–Kier alpha value is -1.67. The molecular weight excluding hydrogens is 196 g/mol. The number of nitrogens with zero attached hydrogens (tertiary/aromatic N) is 1. The van der Waals surface area contributed by atoms with Crippen LogP contribution in [0.5, 0.6) is 0 Å². The fraction of sp³-hybridized carbons (Fsp3) is 0.143. The molecule has 2 heteroatoms. The van der Waals surface area contributed by atoms with Crippen LogP contribution in [0.2, 0.25) is 0 Å². The first-order valence-corrected chi connectivity index (χ1v) is 5.29. The molecule has 80 valence electrons. The number of benzene rings is 1. The highest BCUT2D eigenvalue weighted by Crippen LogP contribution is 2.02. The summed E-state index contributed by atoms with van der Waals surface area (Å²) in [5.41, 5.74) is 3.01. The van der Waals surface area contributed by atoms with Crippen LogP contribution in [0, 0.1) is 6.92 Å². The Bertz CT molecular complexity index is 437. The summed E-state index contributed by atoms with van der Waals surface area (Å²) in [5.74, 6) is 0. The van der Waals surface area contributed by atoms with Gasteiger partial charge in [0, 0.05) is 31.9 Å². The van der Waals surface area contributed by atoms with Crippen molar-refractivity contribution in [3.63, 3.8) is 0 Å². The molecule has 0 aliphatic rings. The highest BCUT2D eigenvalue weighted by Gasteiger charge is 1.94. The molecule has 0 fully saturated rings. The SMILES string of the molecule is [CH]c1cc(CNCc2ccccc2)ccn1. The zero-order chi connectivity index (χ0) is 11.2. The van der Waals surface area contributed by atoms with Gasteiger partial charge in [0.1, 0.15) is 0 Å². The minimum Gasteiger partial charge on any atom is -0.309 e. The topological polar surface area (TPSA) is 24.9 Å². The third-order valence-corrected chi connectivity index (χ3v) is 2.35. The van der Waals surface area contributed by atoms with Gasteiger partial charge in [-0.3, -0.25) is 4.98 Å². The van der Waals surface area contributed by atoms with Crippen LogP contribution in [0.25, 0.3) is 0 Å². The van der Waals surface area contributed by atoms with Crippen LogP contribution in [0.15, 0.2) is 48.7 Å². The second-order valence-electron chi connectivity index (χ2n) is 3.68. The van der Waals surface area contributed by atoms with E-state index in [2.05, 4.69) is 22.4 Å². The van der Waals surface area contributed by atoms with Gasteiger partial charge in [-0.05, 0) is 23.3 Å². The average Bonchev–Trinajstić information content (AvgIpc) is 2.30. The van der Waals surface area contributed by atoms with Crippen molar-refractivity contribution in [1.82, 2.24) is 10.3 Å². The van der Waals surface area contributed by atoms with Gasteiger partial charge in [0.2, 0.25) is 0 Å². The lowest BCUT2D eigenvalue weighted by Crippen LogP contribution is -2.12. The lowest BCUT2D eigenvalue weighted by molar-refractivity contribution is 0.692. The summed E-state index contributed by atoms with van der Waals surface area (Å²) in [6.45, 7) is 7.27. The molecule has 2 radical (unpaired) electrons. The van der Waals surface area contributed by atoms with E-state index in [1.54, 1.807) is 6.20 Å². The van der Waals surface area contributed by atoms with Crippen molar-refractivity contribution < 1.29 is 0 Å². The van der Waals surface area contributed by atoms with E-state index in [1.807, 2.05) is 30.3 Å². The molecule has 2 aromatic rings. The lowest BCUT2D eigenvalue weighted by Gasteiger charge is -2.05. The number of aromatic nitrogens is 1. The molecule has 2 nitrogen and oxygen atoms in total. The fourth-order valence-corrected chi connectivity index (χ4v) is 1.55. The average molecular weight is 210 g/mol. The largest absolute Gasteiger partial charge is 0.309 e. The van der Waals surface area contributed by atoms with E-state index in [0.29, 0.717) is 5.69 Å². The van der Waals surface area contributed by atoms with Gasteiger partial charge in [-0.2, -0.15) is 0 Å². The molecule has 1 N–H and O–H groups in total. The Morgan fingerprint density at radius 3 is 2.50 bits per heavy atom. The molecule has 1 aromatic carbocycles. The van der Waals surface area contributed by atoms with Gasteiger partial charge in [-0.15, -0.1) is 0 Å². The normalized spacial score (nSPS) is 10.3. The van der Waals surface area contributed by atoms with Crippen molar-refractivity contribution in [1.29, 1.82) is 0 Å². The maximum atomic E-state index is 5.60. The smallest absolute Gasteiger partial charge is 0.0451 e. The van der Waals surface area contributed by atoms with Crippen molar-refractivity contribution in [2.24, 2.45) is 0 Å². The van der Waals surface area contributed by atoms with Crippen LogP contribution in [-0.4, -0.2) is 4.98 Å². The second kappa shape index (κ2) is 5.42. The van der Waals surface area contributed by atoms with Crippen molar-refractivity contribution in [3.05, 3.63) is 72.4 Å². The van der Waals surface area contributed by atoms with E-state index >= 15 is 0 Å². The van der Waals surface area contributed by atoms with Crippen LogP contribution in [0.4, 0.5) is 0 Å². The van der Waals surface area contributed by atoms with Gasteiger partial charge >= 0.3 is 0 Å². The molecular formula is C14H14N2. The molecule has 16 heavy (non-hydrogen) atoms. The van der Waals surface area contributed by atoms with Gasteiger partial charge in [0.25, 0.3) is 0 Å². The van der Waals surface area contributed by atoms with Crippen molar-refractivity contribution in [3.8, 4) is 0 Å². The molecule has 0 spiro atoms. The van der Waals surface area contributed by atoms with Crippen LogP contribution in [0.1, 0.15) is 16.8 Å². The molecule has 0 amide bonds. The van der Waals surface area contributed by atoms with Crippen molar-refractivity contribution >= 4 is 0 Å². The molecule has 0 bridgehead atoms. The zero-order valence-corrected chi connectivity index (χ0v) is 9.06. The number of hydrogen-bond acceptors (Lipinski definition) is 2. The molecule has 2 rings (SSSR count). The molecule has 0 aliphatic heterocycles. The van der Waals surface area contributed by atoms with E-state index < -0.39 is 0 Å². The molecule has 1 heterocycles. The number of nitrogens with one attached hydrogen (secondary N) is 1. The fourth-order valence-electron chi connectivity index (χ4n) is 1.55. The maximum Gasteiger partial charge on any atom is 0.0451 e. The molecule has 0 saturated heterocycles. The monoisotopic (exact) mass is 210 g/mol. The summed E-state index contributed by atoms with van der Waals surface area (Å²) in [7, 11) is 0. The van der Waals surface area contributed by atoms with Crippen LogP contribution >= 0.6 is 0 Å². The molecule has 0 saturated carbocycles.